The fourth-order valence-electron chi connectivity index (χ4n) is 10.5. The first-order valence-corrected chi connectivity index (χ1v) is 21.7. The van der Waals surface area contributed by atoms with Gasteiger partial charge in [-0.15, -0.1) is 11.3 Å². The summed E-state index contributed by atoms with van der Waals surface area (Å²) in [5, 5.41) is 14.0. The molecule has 60 heavy (non-hydrogen) atoms. The number of rotatable bonds is 4. The van der Waals surface area contributed by atoms with Crippen molar-refractivity contribution in [3.63, 3.8) is 0 Å². The Balaban J connectivity index is 1.11. The molecule has 13 rings (SSSR count). The van der Waals surface area contributed by atoms with Crippen LogP contribution in [0.5, 0.6) is 0 Å². The Labute approximate surface area is 351 Å². The fraction of sp³-hybridized carbons (Fsp3) is 0.0345. The zero-order valence-electron chi connectivity index (χ0n) is 32.7. The van der Waals surface area contributed by atoms with Gasteiger partial charge >= 0.3 is 0 Å². The Morgan fingerprint density at radius 1 is 0.383 bits per heavy atom. The molecule has 0 amide bonds. The molecule has 2 aromatic heterocycles. The van der Waals surface area contributed by atoms with E-state index in [0.717, 1.165) is 24.2 Å². The van der Waals surface area contributed by atoms with Gasteiger partial charge in [-0.05, 0) is 113 Å². The first-order valence-electron chi connectivity index (χ1n) is 20.9. The highest BCUT2D eigenvalue weighted by Gasteiger charge is 2.25. The molecule has 0 aliphatic heterocycles. The lowest BCUT2D eigenvalue weighted by Crippen LogP contribution is -1.94. The van der Waals surface area contributed by atoms with Crippen molar-refractivity contribution in [3.05, 3.63) is 199 Å². The zero-order chi connectivity index (χ0) is 39.3. The second kappa shape index (κ2) is 13.1. The van der Waals surface area contributed by atoms with E-state index in [1.165, 1.54) is 119 Å². The lowest BCUT2D eigenvalue weighted by Gasteiger charge is -2.19. The fourth-order valence-corrected chi connectivity index (χ4v) is 11.8. The quantitative estimate of drug-likeness (QED) is 0.162. The molecule has 0 bridgehead atoms. The van der Waals surface area contributed by atoms with Gasteiger partial charge in [0.15, 0.2) is 0 Å². The van der Waals surface area contributed by atoms with Crippen molar-refractivity contribution in [2.45, 2.75) is 12.8 Å². The lowest BCUT2D eigenvalue weighted by atomic mass is 9.83. The summed E-state index contributed by atoms with van der Waals surface area (Å²) >= 11 is 1.92. The molecule has 0 unspecified atom stereocenters. The predicted octanol–water partition coefficient (Wildman–Crippen LogP) is 17.0. The van der Waals surface area contributed by atoms with E-state index in [2.05, 4.69) is 194 Å². The molecule has 2 heteroatoms. The van der Waals surface area contributed by atoms with Crippen molar-refractivity contribution < 1.29 is 4.42 Å². The van der Waals surface area contributed by atoms with E-state index in [9.17, 15) is 0 Å². The van der Waals surface area contributed by atoms with Crippen LogP contribution in [-0.4, -0.2) is 0 Å². The van der Waals surface area contributed by atoms with Gasteiger partial charge in [0, 0.05) is 36.7 Å². The standard InChI is InChI=1S/C58H36OS/c1-2-17-35(18-3-1)52-36-19-4-6-21-38(36)54(39-22-7-5-20-37(39)52)46-29-16-34-51-57(46)48-31-14-30-47(58(48)60-51)55-42-25-10-8-23-40(42)53(41-24-9-11-26-43(41)55)45-28-15-33-50-56(45)44-27-12-13-32-49(44)59-50/h1-11,13-26,28-34H,12,27H2. The molecule has 280 valence electrons. The second-order valence-corrected chi connectivity index (χ2v) is 17.1. The third-order valence-corrected chi connectivity index (χ3v) is 14.1. The molecule has 0 atom stereocenters. The van der Waals surface area contributed by atoms with Crippen molar-refractivity contribution in [3.8, 4) is 44.5 Å². The monoisotopic (exact) mass is 780 g/mol. The van der Waals surface area contributed by atoms with Gasteiger partial charge in [0.25, 0.3) is 0 Å². The molecule has 0 saturated carbocycles. The largest absolute Gasteiger partial charge is 0.456 e. The highest BCUT2D eigenvalue weighted by molar-refractivity contribution is 7.26. The molecular formula is C58H36OS. The first-order chi connectivity index (χ1) is 29.8. The van der Waals surface area contributed by atoms with Gasteiger partial charge in [-0.1, -0.05) is 176 Å². The van der Waals surface area contributed by atoms with Gasteiger partial charge < -0.3 is 4.42 Å². The van der Waals surface area contributed by atoms with Crippen LogP contribution in [0.3, 0.4) is 0 Å². The van der Waals surface area contributed by atoms with Crippen molar-refractivity contribution in [1.29, 1.82) is 0 Å². The van der Waals surface area contributed by atoms with Crippen molar-refractivity contribution in [2.75, 3.05) is 0 Å². The maximum atomic E-state index is 6.48. The third kappa shape index (κ3) is 4.80. The average molecular weight is 781 g/mol. The van der Waals surface area contributed by atoms with Crippen LogP contribution in [0.15, 0.2) is 192 Å². The molecule has 1 aliphatic rings. The number of benzene rings is 10. The number of hydrogen-bond acceptors (Lipinski definition) is 2. The predicted molar refractivity (Wildman–Crippen MR) is 258 cm³/mol. The number of thiophene rings is 1. The molecule has 0 spiro atoms. The normalized spacial score (nSPS) is 12.8. The van der Waals surface area contributed by atoms with E-state index in [-0.39, 0.29) is 0 Å². The first kappa shape index (κ1) is 33.7. The van der Waals surface area contributed by atoms with Crippen molar-refractivity contribution in [2.24, 2.45) is 0 Å². The Morgan fingerprint density at radius 2 is 0.850 bits per heavy atom. The number of fused-ring (bicyclic) bond motifs is 10. The molecule has 0 N–H and O–H groups in total. The van der Waals surface area contributed by atoms with Gasteiger partial charge in [0.05, 0.1) is 0 Å². The van der Waals surface area contributed by atoms with Gasteiger partial charge in [0.1, 0.15) is 11.3 Å². The maximum absolute atomic E-state index is 6.48. The summed E-state index contributed by atoms with van der Waals surface area (Å²) in [6, 6.07) is 67.5. The molecule has 1 nitrogen and oxygen atoms in total. The van der Waals surface area contributed by atoms with Crippen LogP contribution < -0.4 is 0 Å². The van der Waals surface area contributed by atoms with E-state index >= 15 is 0 Å². The molecular weight excluding hydrogens is 745 g/mol. The Morgan fingerprint density at radius 3 is 1.45 bits per heavy atom. The topological polar surface area (TPSA) is 13.1 Å². The van der Waals surface area contributed by atoms with E-state index in [1.807, 2.05) is 11.3 Å². The molecule has 0 fully saturated rings. The van der Waals surface area contributed by atoms with Crippen molar-refractivity contribution >= 4 is 91.6 Å². The highest BCUT2D eigenvalue weighted by atomic mass is 32.1. The number of hydrogen-bond donors (Lipinski definition) is 0. The van der Waals surface area contributed by atoms with Crippen LogP contribution >= 0.6 is 11.3 Å². The van der Waals surface area contributed by atoms with Gasteiger partial charge in [-0.3, -0.25) is 0 Å². The summed E-state index contributed by atoms with van der Waals surface area (Å²) in [6.45, 7) is 0. The summed E-state index contributed by atoms with van der Waals surface area (Å²) in [5.41, 5.74) is 12.5. The number of furan rings is 1. The number of allylic oxidation sites excluding steroid dienone is 1. The minimum absolute atomic E-state index is 0.961. The Hall–Kier alpha value is -7.26. The summed E-state index contributed by atoms with van der Waals surface area (Å²) in [6.07, 6.45) is 6.41. The third-order valence-electron chi connectivity index (χ3n) is 12.9. The summed E-state index contributed by atoms with van der Waals surface area (Å²) < 4.78 is 9.09. The Bertz CT molecular complexity index is 3650. The highest BCUT2D eigenvalue weighted by Crippen LogP contribution is 2.52. The summed E-state index contributed by atoms with van der Waals surface area (Å²) in [7, 11) is 0. The summed E-state index contributed by atoms with van der Waals surface area (Å²) in [4.78, 5) is 0. The van der Waals surface area contributed by atoms with Gasteiger partial charge in [-0.25, -0.2) is 0 Å². The average Bonchev–Trinajstić information content (AvgIpc) is 3.90. The maximum Gasteiger partial charge on any atom is 0.135 e. The molecule has 10 aromatic carbocycles. The minimum Gasteiger partial charge on any atom is -0.456 e. The van der Waals surface area contributed by atoms with Crippen molar-refractivity contribution in [1.82, 2.24) is 0 Å². The molecule has 2 heterocycles. The molecule has 1 aliphatic carbocycles. The molecule has 12 aromatic rings. The molecule has 0 saturated heterocycles. The van der Waals surface area contributed by atoms with Crippen LogP contribution in [0.2, 0.25) is 0 Å². The van der Waals surface area contributed by atoms with Crippen LogP contribution in [0, 0.1) is 0 Å². The summed E-state index contributed by atoms with van der Waals surface area (Å²) in [5.74, 6) is 0.998. The van der Waals surface area contributed by atoms with E-state index in [1.54, 1.807) is 0 Å². The van der Waals surface area contributed by atoms with Crippen LogP contribution in [-0.2, 0) is 6.42 Å². The number of aryl methyl sites for hydroxylation is 1. The Kier molecular flexibility index (Phi) is 7.37. The van der Waals surface area contributed by atoms with Gasteiger partial charge in [-0.2, -0.15) is 0 Å². The lowest BCUT2D eigenvalue weighted by molar-refractivity contribution is 0.595. The van der Waals surface area contributed by atoms with E-state index in [0.29, 0.717) is 0 Å². The molecule has 0 radical (unpaired) electrons. The van der Waals surface area contributed by atoms with Gasteiger partial charge in [0.2, 0.25) is 0 Å². The second-order valence-electron chi connectivity index (χ2n) is 16.1. The van der Waals surface area contributed by atoms with E-state index in [4.69, 9.17) is 4.42 Å². The smallest absolute Gasteiger partial charge is 0.135 e. The van der Waals surface area contributed by atoms with Crippen LogP contribution in [0.4, 0.5) is 0 Å². The zero-order valence-corrected chi connectivity index (χ0v) is 33.5. The van der Waals surface area contributed by atoms with Crippen LogP contribution in [0.1, 0.15) is 17.7 Å². The minimum atomic E-state index is 0.961. The SMILES string of the molecule is C1=Cc2oc3cccc(-c4c5ccccc5c(-c5cccc6c5sc5cccc(-c7c8ccccc8c(-c8ccccc8)c8ccccc78)c56)c5ccccc45)c3c2CC1. The van der Waals surface area contributed by atoms with Crippen LogP contribution in [0.25, 0.3) is 125 Å². The van der Waals surface area contributed by atoms with E-state index < -0.39 is 0 Å².